The maximum Gasteiger partial charge on any atom is 0.311 e. The molecule has 3 unspecified atom stereocenters. The zero-order chi connectivity index (χ0) is 24.6. The molecule has 0 aromatic rings. The average Bonchev–Trinajstić information content (AvgIpc) is 2.71. The summed E-state index contributed by atoms with van der Waals surface area (Å²) in [5.41, 5.74) is 0. The predicted octanol–water partition coefficient (Wildman–Crippen LogP) is 5.40. The molecule has 0 aromatic heterocycles. The van der Waals surface area contributed by atoms with Gasteiger partial charge in [0, 0.05) is 0 Å². The van der Waals surface area contributed by atoms with Crippen LogP contribution in [-0.4, -0.2) is 57.3 Å². The molecule has 0 aliphatic rings. The Morgan fingerprint density at radius 1 is 0.656 bits per heavy atom. The molecule has 3 atom stereocenters. The summed E-state index contributed by atoms with van der Waals surface area (Å²) in [7, 11) is 0. The van der Waals surface area contributed by atoms with Crippen LogP contribution in [0.25, 0.3) is 0 Å². The maximum atomic E-state index is 11.5. The van der Waals surface area contributed by atoms with Crippen LogP contribution in [0, 0.1) is 17.8 Å². The lowest BCUT2D eigenvalue weighted by Gasteiger charge is -2.38. The summed E-state index contributed by atoms with van der Waals surface area (Å²) in [6, 6.07) is 0. The molecule has 7 heteroatoms. The van der Waals surface area contributed by atoms with Gasteiger partial charge >= 0.3 is 17.9 Å². The lowest BCUT2D eigenvalue weighted by atomic mass is 10.0. The van der Waals surface area contributed by atoms with E-state index < -0.39 is 35.7 Å². The van der Waals surface area contributed by atoms with Crippen molar-refractivity contribution >= 4 is 17.9 Å². The van der Waals surface area contributed by atoms with Crippen LogP contribution in [0.5, 0.6) is 0 Å². The Labute approximate surface area is 194 Å². The van der Waals surface area contributed by atoms with Gasteiger partial charge in [0.15, 0.2) is 0 Å². The number of unbranched alkanes of at least 4 members (excludes halogenated alkanes) is 9. The smallest absolute Gasteiger partial charge is 0.311 e. The Bertz CT molecular complexity index is 534. The first kappa shape index (κ1) is 30.1. The van der Waals surface area contributed by atoms with Crippen molar-refractivity contribution in [2.75, 3.05) is 19.6 Å². The third-order valence-corrected chi connectivity index (χ3v) is 6.07. The number of hydrogen-bond donors (Lipinski definition) is 3. The Morgan fingerprint density at radius 2 is 1.00 bits per heavy atom. The summed E-state index contributed by atoms with van der Waals surface area (Å²) in [5.74, 6) is -5.04. The van der Waals surface area contributed by atoms with Gasteiger partial charge in [-0.2, -0.15) is 0 Å². The summed E-state index contributed by atoms with van der Waals surface area (Å²) >= 11 is 0. The quantitative estimate of drug-likeness (QED) is 0.167. The van der Waals surface area contributed by atoms with Gasteiger partial charge in [-0.25, -0.2) is 0 Å². The lowest BCUT2D eigenvalue weighted by Crippen LogP contribution is -2.53. The average molecular weight is 457 g/mol. The number of quaternary nitrogens is 1. The van der Waals surface area contributed by atoms with Crippen molar-refractivity contribution in [2.24, 2.45) is 17.8 Å². The fourth-order valence-electron chi connectivity index (χ4n) is 4.15. The van der Waals surface area contributed by atoms with Crippen molar-refractivity contribution in [3.05, 3.63) is 12.3 Å². The molecule has 32 heavy (non-hydrogen) atoms. The van der Waals surface area contributed by atoms with Gasteiger partial charge in [0.25, 0.3) is 0 Å². The lowest BCUT2D eigenvalue weighted by molar-refractivity contribution is -0.886. The summed E-state index contributed by atoms with van der Waals surface area (Å²) in [4.78, 5) is 34.5. The van der Waals surface area contributed by atoms with Gasteiger partial charge in [0.2, 0.25) is 0 Å². The zero-order valence-electron chi connectivity index (χ0n) is 20.6. The third kappa shape index (κ3) is 13.5. The normalized spacial score (nSPS) is 16.4. The maximum absolute atomic E-state index is 11.5. The molecule has 0 bridgehead atoms. The van der Waals surface area contributed by atoms with Crippen LogP contribution in [0.2, 0.25) is 0 Å². The van der Waals surface area contributed by atoms with Crippen molar-refractivity contribution < 1.29 is 34.2 Å². The number of carbonyl (C=O) groups is 3. The molecule has 0 heterocycles. The molecule has 7 nitrogen and oxygen atoms in total. The Hall–Kier alpha value is -1.89. The number of hydrogen-bond acceptors (Lipinski definition) is 3. The monoisotopic (exact) mass is 456 g/mol. The van der Waals surface area contributed by atoms with Crippen molar-refractivity contribution in [3.63, 3.8) is 0 Å². The summed E-state index contributed by atoms with van der Waals surface area (Å²) in [6.45, 7) is 7.46. The summed E-state index contributed by atoms with van der Waals surface area (Å²) < 4.78 is 0.0474. The van der Waals surface area contributed by atoms with E-state index in [1.165, 1.54) is 44.9 Å². The van der Waals surface area contributed by atoms with E-state index in [-0.39, 0.29) is 24.1 Å². The van der Waals surface area contributed by atoms with E-state index in [0.29, 0.717) is 0 Å². The molecule has 0 radical (unpaired) electrons. The van der Waals surface area contributed by atoms with E-state index in [9.17, 15) is 29.7 Å². The number of aliphatic carboxylic acids is 3. The molecular formula is C25H46NO6+. The molecule has 186 valence electrons. The van der Waals surface area contributed by atoms with Crippen LogP contribution in [0.1, 0.15) is 91.9 Å². The van der Waals surface area contributed by atoms with Crippen molar-refractivity contribution in [2.45, 2.75) is 91.9 Å². The number of nitrogens with zero attached hydrogens (tertiary/aromatic N) is 1. The van der Waals surface area contributed by atoms with Gasteiger partial charge in [-0.15, -0.1) is 0 Å². The van der Waals surface area contributed by atoms with Crippen molar-refractivity contribution in [1.82, 2.24) is 0 Å². The van der Waals surface area contributed by atoms with Gasteiger partial charge in [-0.05, 0) is 39.7 Å². The minimum absolute atomic E-state index is 0.0474. The second-order valence-electron chi connectivity index (χ2n) is 9.49. The van der Waals surface area contributed by atoms with Crippen molar-refractivity contribution in [3.8, 4) is 0 Å². The van der Waals surface area contributed by atoms with E-state index in [1.54, 1.807) is 20.8 Å². The number of carboxylic acids is 3. The van der Waals surface area contributed by atoms with E-state index in [4.69, 9.17) is 0 Å². The summed E-state index contributed by atoms with van der Waals surface area (Å²) in [5, 5.41) is 28.3. The van der Waals surface area contributed by atoms with Gasteiger partial charge in [0.05, 0.1) is 25.8 Å². The minimum atomic E-state index is -0.967. The van der Waals surface area contributed by atoms with E-state index in [1.807, 2.05) is 12.3 Å². The Kier molecular flexibility index (Phi) is 15.7. The van der Waals surface area contributed by atoms with Crippen LogP contribution in [0.4, 0.5) is 0 Å². The Morgan fingerprint density at radius 3 is 1.34 bits per heavy atom. The molecule has 0 saturated heterocycles. The predicted molar refractivity (Wildman–Crippen MR) is 126 cm³/mol. The third-order valence-electron chi connectivity index (χ3n) is 6.07. The summed E-state index contributed by atoms with van der Waals surface area (Å²) in [6.07, 6.45) is 15.7. The fraction of sp³-hybridized carbons (Fsp3) is 0.800. The van der Waals surface area contributed by atoms with Crippen LogP contribution in [0.3, 0.4) is 0 Å². The van der Waals surface area contributed by atoms with Crippen LogP contribution in [0.15, 0.2) is 12.3 Å². The molecule has 0 saturated carbocycles. The first-order valence-corrected chi connectivity index (χ1v) is 12.3. The molecule has 3 N–H and O–H groups in total. The van der Waals surface area contributed by atoms with E-state index in [0.717, 1.165) is 19.3 Å². The second-order valence-corrected chi connectivity index (χ2v) is 9.49. The first-order chi connectivity index (χ1) is 15.0. The van der Waals surface area contributed by atoms with Gasteiger partial charge in [-0.1, -0.05) is 58.3 Å². The van der Waals surface area contributed by atoms with Crippen LogP contribution < -0.4 is 0 Å². The minimum Gasteiger partial charge on any atom is -0.481 e. The fourth-order valence-corrected chi connectivity index (χ4v) is 4.15. The van der Waals surface area contributed by atoms with Gasteiger partial charge in [0.1, 0.15) is 17.8 Å². The zero-order valence-corrected chi connectivity index (χ0v) is 20.6. The van der Waals surface area contributed by atoms with Gasteiger partial charge < -0.3 is 15.3 Å². The Balaban J connectivity index is 5.07. The standard InChI is InChI=1S/C25H45NO6/c1-5-6-7-8-9-10-11-12-13-14-15-16-26(17-20(2)23(27)28,18-21(3)24(29)30)19-22(4)25(31)32/h15-16,20-22H,5-14,17-19H2,1-4H3,(H2-,27,28,29,30,31,32)/p+1/b16-15+. The molecule has 0 aliphatic carbocycles. The molecular weight excluding hydrogens is 410 g/mol. The number of carboxylic acid groups (broad SMARTS) is 3. The highest BCUT2D eigenvalue weighted by Gasteiger charge is 2.37. The highest BCUT2D eigenvalue weighted by Crippen LogP contribution is 2.22. The topological polar surface area (TPSA) is 112 Å². The molecule has 0 aromatic carbocycles. The number of rotatable bonds is 20. The van der Waals surface area contributed by atoms with E-state index >= 15 is 0 Å². The molecule has 0 aliphatic heterocycles. The molecule has 0 rings (SSSR count). The molecule has 0 fully saturated rings. The van der Waals surface area contributed by atoms with E-state index in [2.05, 4.69) is 6.92 Å². The first-order valence-electron chi connectivity index (χ1n) is 12.3. The van der Waals surface area contributed by atoms with Crippen LogP contribution in [-0.2, 0) is 14.4 Å². The van der Waals surface area contributed by atoms with Crippen LogP contribution >= 0.6 is 0 Å². The van der Waals surface area contributed by atoms with Gasteiger partial charge in [-0.3, -0.25) is 18.9 Å². The molecule has 0 spiro atoms. The largest absolute Gasteiger partial charge is 0.481 e. The second kappa shape index (κ2) is 16.7. The molecule has 0 amide bonds. The number of allylic oxidation sites excluding steroid dienone is 1. The highest BCUT2D eigenvalue weighted by molar-refractivity contribution is 5.70. The highest BCUT2D eigenvalue weighted by atomic mass is 16.4. The van der Waals surface area contributed by atoms with Crippen molar-refractivity contribution in [1.29, 1.82) is 0 Å². The SMILES string of the molecule is CCCCCCCCCCC/C=C/[N+](CC(C)C(=O)O)(CC(C)C(=O)O)CC(C)C(=O)O.